The molecule has 3 N–H and O–H groups in total. The van der Waals surface area contributed by atoms with Crippen molar-refractivity contribution >= 4 is 11.6 Å². The highest BCUT2D eigenvalue weighted by Crippen LogP contribution is 2.34. The van der Waals surface area contributed by atoms with Crippen LogP contribution < -0.4 is 15.4 Å². The highest BCUT2D eigenvalue weighted by atomic mass is 16.5. The molecule has 110 valence electrons. The van der Waals surface area contributed by atoms with Crippen LogP contribution in [-0.4, -0.2) is 31.2 Å². The lowest BCUT2D eigenvalue weighted by molar-refractivity contribution is -0.125. The predicted molar refractivity (Wildman–Crippen MR) is 78.1 cm³/mol. The van der Waals surface area contributed by atoms with Gasteiger partial charge in [0.2, 0.25) is 5.91 Å². The van der Waals surface area contributed by atoms with Gasteiger partial charge in [0.05, 0.1) is 18.2 Å². The van der Waals surface area contributed by atoms with Crippen LogP contribution in [0.4, 0.5) is 5.69 Å². The number of ether oxygens (including phenoxy) is 1. The summed E-state index contributed by atoms with van der Waals surface area (Å²) < 4.78 is 5.03. The maximum Gasteiger partial charge on any atom is 0.232 e. The summed E-state index contributed by atoms with van der Waals surface area (Å²) in [6.45, 7) is 3.64. The van der Waals surface area contributed by atoms with Gasteiger partial charge in [0.15, 0.2) is 0 Å². The number of benzene rings is 1. The summed E-state index contributed by atoms with van der Waals surface area (Å²) in [6.07, 6.45) is 2.65. The average molecular weight is 278 g/mol. The van der Waals surface area contributed by atoms with Gasteiger partial charge in [0.25, 0.3) is 0 Å². The minimum Gasteiger partial charge on any atom is -0.506 e. The zero-order valence-electron chi connectivity index (χ0n) is 12.0. The second-order valence-electron chi connectivity index (χ2n) is 5.29. The molecule has 1 atom stereocenters. The monoisotopic (exact) mass is 278 g/mol. The molecule has 1 aliphatic rings. The van der Waals surface area contributed by atoms with E-state index in [1.54, 1.807) is 12.1 Å². The van der Waals surface area contributed by atoms with Crippen LogP contribution in [0.15, 0.2) is 18.2 Å². The molecule has 1 aromatic carbocycles. The van der Waals surface area contributed by atoms with Gasteiger partial charge in [-0.05, 0) is 31.5 Å². The van der Waals surface area contributed by atoms with E-state index in [9.17, 15) is 9.90 Å². The van der Waals surface area contributed by atoms with Crippen molar-refractivity contribution < 1.29 is 14.6 Å². The number of hydrogen-bond donors (Lipinski definition) is 3. The number of carbonyl (C=O) groups is 1. The lowest BCUT2D eigenvalue weighted by Crippen LogP contribution is -2.38. The highest BCUT2D eigenvalue weighted by Gasteiger charge is 2.40. The molecule has 0 bridgehead atoms. The Hall–Kier alpha value is -1.75. The zero-order valence-corrected chi connectivity index (χ0v) is 12.0. The molecule has 2 rings (SSSR count). The van der Waals surface area contributed by atoms with Crippen molar-refractivity contribution in [2.45, 2.75) is 26.2 Å². The first kappa shape index (κ1) is 14.7. The minimum atomic E-state index is -0.360. The Kier molecular flexibility index (Phi) is 4.49. The van der Waals surface area contributed by atoms with Crippen LogP contribution in [0, 0.1) is 5.41 Å². The van der Waals surface area contributed by atoms with Crippen molar-refractivity contribution in [3.05, 3.63) is 18.2 Å². The molecular formula is C15H22N2O3. The van der Waals surface area contributed by atoms with Gasteiger partial charge >= 0.3 is 0 Å². The number of nitrogens with one attached hydrogen (secondary N) is 2. The van der Waals surface area contributed by atoms with Crippen LogP contribution in [0.5, 0.6) is 11.5 Å². The van der Waals surface area contributed by atoms with Crippen molar-refractivity contribution in [3.63, 3.8) is 0 Å². The van der Waals surface area contributed by atoms with Crippen LogP contribution in [0.3, 0.4) is 0 Å². The first-order chi connectivity index (χ1) is 9.61. The van der Waals surface area contributed by atoms with Gasteiger partial charge in [0, 0.05) is 12.6 Å². The van der Waals surface area contributed by atoms with Crippen LogP contribution in [0.2, 0.25) is 0 Å². The summed E-state index contributed by atoms with van der Waals surface area (Å²) in [7, 11) is 1.54. The van der Waals surface area contributed by atoms with Crippen molar-refractivity contribution in [1.82, 2.24) is 5.32 Å². The molecule has 0 aromatic heterocycles. The van der Waals surface area contributed by atoms with Crippen molar-refractivity contribution in [2.24, 2.45) is 5.41 Å². The molecule has 1 aromatic rings. The third-order valence-electron chi connectivity index (χ3n) is 3.91. The summed E-state index contributed by atoms with van der Waals surface area (Å²) in [5.74, 6) is 0.562. The van der Waals surface area contributed by atoms with E-state index >= 15 is 0 Å². The van der Waals surface area contributed by atoms with Gasteiger partial charge < -0.3 is 20.5 Å². The Bertz CT molecular complexity index is 482. The molecule has 1 saturated heterocycles. The zero-order chi connectivity index (χ0) is 14.6. The number of phenolic OH excluding ortho intramolecular Hbond substituents is 1. The number of aromatic hydroxyl groups is 1. The van der Waals surface area contributed by atoms with E-state index in [1.807, 2.05) is 0 Å². The summed E-state index contributed by atoms with van der Waals surface area (Å²) in [4.78, 5) is 12.5. The van der Waals surface area contributed by atoms with Crippen LogP contribution in [0.25, 0.3) is 0 Å². The summed E-state index contributed by atoms with van der Waals surface area (Å²) >= 11 is 0. The maximum atomic E-state index is 12.5. The van der Waals surface area contributed by atoms with Gasteiger partial charge in [0.1, 0.15) is 11.5 Å². The lowest BCUT2D eigenvalue weighted by Gasteiger charge is -2.26. The van der Waals surface area contributed by atoms with E-state index < -0.39 is 0 Å². The number of rotatable bonds is 5. The normalized spacial score (nSPS) is 21.7. The number of anilines is 1. The average Bonchev–Trinajstić information content (AvgIpc) is 2.91. The van der Waals surface area contributed by atoms with Gasteiger partial charge in [-0.2, -0.15) is 0 Å². The Balaban J connectivity index is 2.14. The second-order valence-corrected chi connectivity index (χ2v) is 5.29. The van der Waals surface area contributed by atoms with Gasteiger partial charge in [-0.25, -0.2) is 0 Å². The molecule has 0 saturated carbocycles. The predicted octanol–water partition coefficient (Wildman–Crippen LogP) is 2.12. The Morgan fingerprint density at radius 1 is 1.55 bits per heavy atom. The van der Waals surface area contributed by atoms with Crippen LogP contribution in [0.1, 0.15) is 26.2 Å². The number of amides is 1. The standard InChI is InChI=1S/C15H22N2O3/c1-3-6-15(7-8-16-10-15)14(19)17-12-5-4-11(20-2)9-13(12)18/h4-5,9,16,18H,3,6-8,10H2,1-2H3,(H,17,19). The third-order valence-corrected chi connectivity index (χ3v) is 3.91. The molecule has 0 aliphatic carbocycles. The molecule has 0 spiro atoms. The van der Waals surface area contributed by atoms with Gasteiger partial charge in [-0.3, -0.25) is 4.79 Å². The minimum absolute atomic E-state index is 0.0233. The molecule has 1 heterocycles. The lowest BCUT2D eigenvalue weighted by atomic mass is 9.81. The number of phenols is 1. The van der Waals surface area contributed by atoms with E-state index in [2.05, 4.69) is 17.6 Å². The second kappa shape index (κ2) is 6.13. The third kappa shape index (κ3) is 2.88. The molecular weight excluding hydrogens is 256 g/mol. The van der Waals surface area contributed by atoms with E-state index in [1.165, 1.54) is 13.2 Å². The number of carbonyl (C=O) groups excluding carboxylic acids is 1. The smallest absolute Gasteiger partial charge is 0.232 e. The fourth-order valence-corrected chi connectivity index (χ4v) is 2.74. The van der Waals surface area contributed by atoms with Crippen molar-refractivity contribution in [3.8, 4) is 11.5 Å². The Morgan fingerprint density at radius 2 is 2.35 bits per heavy atom. The van der Waals surface area contributed by atoms with Gasteiger partial charge in [-0.15, -0.1) is 0 Å². The number of methoxy groups -OCH3 is 1. The molecule has 1 fully saturated rings. The molecule has 1 amide bonds. The quantitative estimate of drug-likeness (QED) is 0.722. The Labute approximate surface area is 119 Å². The van der Waals surface area contributed by atoms with Crippen LogP contribution >= 0.6 is 0 Å². The highest BCUT2D eigenvalue weighted by molar-refractivity contribution is 5.97. The van der Waals surface area contributed by atoms with Crippen LogP contribution in [-0.2, 0) is 4.79 Å². The topological polar surface area (TPSA) is 70.6 Å². The fourth-order valence-electron chi connectivity index (χ4n) is 2.74. The van der Waals surface area contributed by atoms with Crippen molar-refractivity contribution in [2.75, 3.05) is 25.5 Å². The Morgan fingerprint density at radius 3 is 2.90 bits per heavy atom. The first-order valence-electron chi connectivity index (χ1n) is 7.00. The molecule has 0 radical (unpaired) electrons. The number of hydrogen-bond acceptors (Lipinski definition) is 4. The van der Waals surface area contributed by atoms with E-state index in [-0.39, 0.29) is 17.1 Å². The summed E-state index contributed by atoms with van der Waals surface area (Å²) in [5.41, 5.74) is 0.0689. The van der Waals surface area contributed by atoms with Gasteiger partial charge in [-0.1, -0.05) is 13.3 Å². The van der Waals surface area contributed by atoms with E-state index in [4.69, 9.17) is 4.74 Å². The maximum absolute atomic E-state index is 12.5. The molecule has 20 heavy (non-hydrogen) atoms. The molecule has 1 aliphatic heterocycles. The van der Waals surface area contributed by atoms with E-state index in [0.29, 0.717) is 18.0 Å². The fraction of sp³-hybridized carbons (Fsp3) is 0.533. The summed E-state index contributed by atoms with van der Waals surface area (Å²) in [6, 6.07) is 4.87. The first-order valence-corrected chi connectivity index (χ1v) is 7.00. The van der Waals surface area contributed by atoms with E-state index in [0.717, 1.165) is 25.8 Å². The molecule has 1 unspecified atom stereocenters. The largest absolute Gasteiger partial charge is 0.506 e. The molecule has 5 nitrogen and oxygen atoms in total. The van der Waals surface area contributed by atoms with Crippen molar-refractivity contribution in [1.29, 1.82) is 0 Å². The SMILES string of the molecule is CCCC1(C(=O)Nc2ccc(OC)cc2O)CCNC1. The summed E-state index contributed by atoms with van der Waals surface area (Å²) in [5, 5.41) is 16.0. The molecule has 5 heteroatoms.